The highest BCUT2D eigenvalue weighted by atomic mass is 16.5. The van der Waals surface area contributed by atoms with Crippen molar-refractivity contribution in [2.24, 2.45) is 0 Å². The van der Waals surface area contributed by atoms with Crippen LogP contribution in [0.5, 0.6) is 0 Å². The smallest absolute Gasteiger partial charge is 0.338 e. The molecule has 6 heteroatoms. The summed E-state index contributed by atoms with van der Waals surface area (Å²) in [4.78, 5) is 22.3. The maximum absolute atomic E-state index is 12.7. The van der Waals surface area contributed by atoms with E-state index in [1.165, 1.54) is 5.56 Å². The van der Waals surface area contributed by atoms with Crippen LogP contribution >= 0.6 is 0 Å². The maximum atomic E-state index is 12.7. The number of fused-ring (bicyclic) bond motifs is 1. The maximum Gasteiger partial charge on any atom is 0.338 e. The molecule has 6 nitrogen and oxygen atoms in total. The third-order valence-electron chi connectivity index (χ3n) is 7.00. The van der Waals surface area contributed by atoms with Crippen LogP contribution in [0.25, 0.3) is 33.4 Å². The molecule has 0 spiro atoms. The number of rotatable bonds is 10. The second-order valence-corrected chi connectivity index (χ2v) is 10.0. The van der Waals surface area contributed by atoms with E-state index in [2.05, 4.69) is 66.7 Å². The average molecular weight is 522 g/mol. The molecular weight excluding hydrogens is 486 g/mol. The molecule has 200 valence electrons. The molecule has 0 aliphatic heterocycles. The Morgan fingerprint density at radius 3 is 2.46 bits per heavy atom. The number of carbonyl (C=O) groups is 1. The van der Waals surface area contributed by atoms with E-state index in [9.17, 15) is 4.79 Å². The normalized spacial score (nSPS) is 11.3. The lowest BCUT2D eigenvalue weighted by molar-refractivity contribution is 0.0500. The van der Waals surface area contributed by atoms with E-state index < -0.39 is 0 Å². The second kappa shape index (κ2) is 11.7. The van der Waals surface area contributed by atoms with Crippen molar-refractivity contribution in [2.75, 3.05) is 6.61 Å². The minimum atomic E-state index is -0.273. The Balaban J connectivity index is 1.47. The van der Waals surface area contributed by atoms with Gasteiger partial charge < -0.3 is 13.7 Å². The molecule has 0 saturated carbocycles. The van der Waals surface area contributed by atoms with Crippen molar-refractivity contribution in [3.63, 3.8) is 0 Å². The fourth-order valence-corrected chi connectivity index (χ4v) is 4.95. The molecule has 2 heterocycles. The van der Waals surface area contributed by atoms with Gasteiger partial charge in [0.2, 0.25) is 0 Å². The third-order valence-corrected chi connectivity index (χ3v) is 7.00. The summed E-state index contributed by atoms with van der Waals surface area (Å²) in [6.45, 7) is 9.37. The summed E-state index contributed by atoms with van der Waals surface area (Å²) in [7, 11) is 0. The quantitative estimate of drug-likeness (QED) is 0.138. The van der Waals surface area contributed by atoms with Gasteiger partial charge in [0.15, 0.2) is 5.89 Å². The first-order valence-corrected chi connectivity index (χ1v) is 13.8. The van der Waals surface area contributed by atoms with Crippen LogP contribution in [0.4, 0.5) is 0 Å². The van der Waals surface area contributed by atoms with Gasteiger partial charge in [0, 0.05) is 25.5 Å². The molecule has 0 N–H and O–H groups in total. The Bertz CT molecular complexity index is 1590. The van der Waals surface area contributed by atoms with Crippen molar-refractivity contribution in [3.05, 3.63) is 95.3 Å². The molecule has 5 rings (SSSR count). The van der Waals surface area contributed by atoms with Gasteiger partial charge in [-0.25, -0.2) is 14.8 Å². The van der Waals surface area contributed by atoms with E-state index in [1.807, 2.05) is 31.2 Å². The average Bonchev–Trinajstić information content (AvgIpc) is 3.53. The van der Waals surface area contributed by atoms with E-state index in [0.717, 1.165) is 70.5 Å². The van der Waals surface area contributed by atoms with Crippen molar-refractivity contribution < 1.29 is 13.9 Å². The van der Waals surface area contributed by atoms with Crippen molar-refractivity contribution in [3.8, 4) is 22.4 Å². The SMILES string of the molecule is CCCCOC(=O)c1ccccc1-c1ccc(Cn2c(CCC)nc3c(C)cc(-c4coc(C)n4)cc32)cc1. The zero-order chi connectivity index (χ0) is 27.4. The molecule has 2 aromatic heterocycles. The van der Waals surface area contributed by atoms with Crippen LogP contribution in [0.1, 0.15) is 66.3 Å². The Morgan fingerprint density at radius 1 is 0.949 bits per heavy atom. The van der Waals surface area contributed by atoms with Gasteiger partial charge >= 0.3 is 5.97 Å². The van der Waals surface area contributed by atoms with Crippen LogP contribution in [0.15, 0.2) is 71.3 Å². The molecular formula is C33H35N3O3. The summed E-state index contributed by atoms with van der Waals surface area (Å²) < 4.78 is 13.3. The molecule has 5 aromatic rings. The van der Waals surface area contributed by atoms with E-state index in [4.69, 9.17) is 14.1 Å². The Kier molecular flexibility index (Phi) is 7.92. The summed E-state index contributed by atoms with van der Waals surface area (Å²) in [5.74, 6) is 1.46. The first kappa shape index (κ1) is 26.4. The fraction of sp³-hybridized carbons (Fsp3) is 0.303. The number of hydrogen-bond acceptors (Lipinski definition) is 5. The molecule has 3 aromatic carbocycles. The highest BCUT2D eigenvalue weighted by molar-refractivity contribution is 5.97. The molecule has 0 aliphatic rings. The largest absolute Gasteiger partial charge is 0.462 e. The number of oxazole rings is 1. The minimum absolute atomic E-state index is 0.273. The molecule has 0 unspecified atom stereocenters. The first-order chi connectivity index (χ1) is 19.0. The summed E-state index contributed by atoms with van der Waals surface area (Å²) in [6.07, 6.45) is 5.48. The van der Waals surface area contributed by atoms with Crippen molar-refractivity contribution >= 4 is 17.0 Å². The number of ether oxygens (including phenoxy) is 1. The monoisotopic (exact) mass is 521 g/mol. The van der Waals surface area contributed by atoms with Gasteiger partial charge in [0.25, 0.3) is 0 Å². The Morgan fingerprint density at radius 2 is 1.74 bits per heavy atom. The van der Waals surface area contributed by atoms with Gasteiger partial charge in [-0.3, -0.25) is 0 Å². The van der Waals surface area contributed by atoms with Crippen LogP contribution in [0.3, 0.4) is 0 Å². The van der Waals surface area contributed by atoms with E-state index in [1.54, 1.807) is 6.26 Å². The predicted molar refractivity (Wildman–Crippen MR) is 155 cm³/mol. The number of nitrogens with zero attached hydrogens (tertiary/aromatic N) is 3. The molecule has 0 aliphatic carbocycles. The number of aromatic nitrogens is 3. The number of carbonyl (C=O) groups excluding carboxylic acids is 1. The third kappa shape index (κ3) is 5.65. The highest BCUT2D eigenvalue weighted by Crippen LogP contribution is 2.30. The Labute approximate surface area is 229 Å². The molecule has 0 atom stereocenters. The summed E-state index contributed by atoms with van der Waals surface area (Å²) in [5, 5.41) is 0. The molecule has 0 fully saturated rings. The zero-order valence-corrected chi connectivity index (χ0v) is 23.2. The topological polar surface area (TPSA) is 70.2 Å². The number of hydrogen-bond donors (Lipinski definition) is 0. The zero-order valence-electron chi connectivity index (χ0n) is 23.2. The van der Waals surface area contributed by atoms with Crippen molar-refractivity contribution in [2.45, 2.75) is 59.9 Å². The van der Waals surface area contributed by atoms with E-state index >= 15 is 0 Å². The van der Waals surface area contributed by atoms with Gasteiger partial charge in [0.1, 0.15) is 17.8 Å². The standard InChI is InChI=1S/C33H35N3O3/c1-5-7-17-38-33(37)28-12-9-8-11-27(28)25-15-13-24(14-16-25)20-36-30-19-26(29-21-39-23(4)34-29)18-22(3)32(30)35-31(36)10-6-2/h8-9,11-16,18-19,21H,5-7,10,17,20H2,1-4H3. The molecule has 0 bridgehead atoms. The van der Waals surface area contributed by atoms with Crippen LogP contribution in [-0.4, -0.2) is 27.1 Å². The number of unbranched alkanes of at least 4 members (excludes halogenated alkanes) is 1. The van der Waals surface area contributed by atoms with Gasteiger partial charge in [-0.05, 0) is 60.2 Å². The number of esters is 1. The molecule has 0 amide bonds. The summed E-state index contributed by atoms with van der Waals surface area (Å²) >= 11 is 0. The summed E-state index contributed by atoms with van der Waals surface area (Å²) in [5.41, 5.74) is 8.73. The van der Waals surface area contributed by atoms with Gasteiger partial charge in [-0.2, -0.15) is 0 Å². The van der Waals surface area contributed by atoms with Crippen LogP contribution in [0.2, 0.25) is 0 Å². The van der Waals surface area contributed by atoms with Gasteiger partial charge in [0.05, 0.1) is 23.2 Å². The van der Waals surface area contributed by atoms with Crippen molar-refractivity contribution in [1.82, 2.24) is 14.5 Å². The first-order valence-electron chi connectivity index (χ1n) is 13.8. The second-order valence-electron chi connectivity index (χ2n) is 10.0. The molecule has 0 saturated heterocycles. The number of imidazole rings is 1. The van der Waals surface area contributed by atoms with Crippen LogP contribution in [0, 0.1) is 13.8 Å². The van der Waals surface area contributed by atoms with Gasteiger partial charge in [-0.1, -0.05) is 62.7 Å². The van der Waals surface area contributed by atoms with Crippen LogP contribution in [-0.2, 0) is 17.7 Å². The Hall–Kier alpha value is -4.19. The lowest BCUT2D eigenvalue weighted by atomic mass is 9.98. The molecule has 0 radical (unpaired) electrons. The minimum Gasteiger partial charge on any atom is -0.462 e. The number of aryl methyl sites for hydroxylation is 3. The fourth-order valence-electron chi connectivity index (χ4n) is 4.95. The summed E-state index contributed by atoms with van der Waals surface area (Å²) in [6, 6.07) is 20.4. The molecule has 39 heavy (non-hydrogen) atoms. The van der Waals surface area contributed by atoms with Crippen LogP contribution < -0.4 is 0 Å². The van der Waals surface area contributed by atoms with E-state index in [0.29, 0.717) is 24.6 Å². The lowest BCUT2D eigenvalue weighted by Crippen LogP contribution is -2.08. The van der Waals surface area contributed by atoms with E-state index in [-0.39, 0.29) is 5.97 Å². The number of benzene rings is 3. The van der Waals surface area contributed by atoms with Gasteiger partial charge in [-0.15, -0.1) is 0 Å². The van der Waals surface area contributed by atoms with Crippen molar-refractivity contribution in [1.29, 1.82) is 0 Å². The highest BCUT2D eigenvalue weighted by Gasteiger charge is 2.17. The lowest BCUT2D eigenvalue weighted by Gasteiger charge is -2.12. The predicted octanol–water partition coefficient (Wildman–Crippen LogP) is 7.93.